The summed E-state index contributed by atoms with van der Waals surface area (Å²) in [6.07, 6.45) is 0.0206. The lowest BCUT2D eigenvalue weighted by molar-refractivity contribution is 0.0707. The van der Waals surface area contributed by atoms with Gasteiger partial charge in [0.15, 0.2) is 0 Å². The largest absolute Gasteiger partial charge is 0.491 e. The van der Waals surface area contributed by atoms with Crippen molar-refractivity contribution in [2.24, 2.45) is 0 Å². The second-order valence-corrected chi connectivity index (χ2v) is 3.70. The van der Waals surface area contributed by atoms with Crippen molar-refractivity contribution >= 4 is 11.6 Å². The number of halogens is 1. The second-order valence-electron chi connectivity index (χ2n) is 3.27. The molecule has 0 spiro atoms. The fraction of sp³-hybridized carbons (Fsp3) is 0.455. The minimum atomic E-state index is -0.0861. The number of hydrogen-bond donors (Lipinski definition) is 1. The molecule has 0 radical (unpaired) electrons. The van der Waals surface area contributed by atoms with Crippen molar-refractivity contribution in [1.29, 1.82) is 0 Å². The third-order valence-corrected chi connectivity index (χ3v) is 2.30. The lowest BCUT2D eigenvalue weighted by Crippen LogP contribution is -2.16. The lowest BCUT2D eigenvalue weighted by Gasteiger charge is -2.13. The van der Waals surface area contributed by atoms with Gasteiger partial charge in [-0.25, -0.2) is 0 Å². The number of benzene rings is 1. The van der Waals surface area contributed by atoms with Gasteiger partial charge in [-0.3, -0.25) is 0 Å². The molecule has 1 rings (SSSR count). The van der Waals surface area contributed by atoms with Gasteiger partial charge < -0.3 is 14.6 Å². The van der Waals surface area contributed by atoms with E-state index in [4.69, 9.17) is 26.2 Å². The van der Waals surface area contributed by atoms with Crippen LogP contribution >= 0.6 is 11.6 Å². The van der Waals surface area contributed by atoms with Crippen molar-refractivity contribution in [3.8, 4) is 5.75 Å². The average Bonchev–Trinajstić information content (AvgIpc) is 2.26. The third kappa shape index (κ3) is 3.70. The molecule has 0 heterocycles. The topological polar surface area (TPSA) is 38.7 Å². The van der Waals surface area contributed by atoms with Gasteiger partial charge in [0, 0.05) is 17.7 Å². The van der Waals surface area contributed by atoms with Crippen LogP contribution < -0.4 is 4.74 Å². The molecule has 0 aromatic heterocycles. The Labute approximate surface area is 94.6 Å². The highest BCUT2D eigenvalue weighted by Crippen LogP contribution is 2.23. The Bertz CT molecular complexity index is 315. The van der Waals surface area contributed by atoms with E-state index in [-0.39, 0.29) is 12.7 Å². The van der Waals surface area contributed by atoms with E-state index in [1.807, 2.05) is 6.92 Å². The van der Waals surface area contributed by atoms with Crippen LogP contribution in [0.1, 0.15) is 12.5 Å². The number of aliphatic hydroxyl groups excluding tert-OH is 1. The van der Waals surface area contributed by atoms with E-state index in [2.05, 4.69) is 0 Å². The molecule has 0 amide bonds. The van der Waals surface area contributed by atoms with Crippen molar-refractivity contribution in [3.05, 3.63) is 28.8 Å². The fourth-order valence-corrected chi connectivity index (χ4v) is 1.28. The number of rotatable bonds is 5. The van der Waals surface area contributed by atoms with Crippen LogP contribution in [0.15, 0.2) is 18.2 Å². The first-order chi connectivity index (χ1) is 7.17. The van der Waals surface area contributed by atoms with Gasteiger partial charge in [0.1, 0.15) is 12.4 Å². The predicted octanol–water partition coefficient (Wildman–Crippen LogP) is 2.25. The monoisotopic (exact) mass is 230 g/mol. The fourth-order valence-electron chi connectivity index (χ4n) is 1.09. The van der Waals surface area contributed by atoms with Crippen molar-refractivity contribution in [2.45, 2.75) is 19.6 Å². The van der Waals surface area contributed by atoms with Gasteiger partial charge in [-0.15, -0.1) is 0 Å². The van der Waals surface area contributed by atoms with E-state index >= 15 is 0 Å². The molecule has 0 aliphatic carbocycles. The molecule has 1 unspecified atom stereocenters. The van der Waals surface area contributed by atoms with E-state index in [0.29, 0.717) is 22.9 Å². The Morgan fingerprint density at radius 2 is 2.20 bits per heavy atom. The summed E-state index contributed by atoms with van der Waals surface area (Å²) in [6, 6.07) is 5.16. The summed E-state index contributed by atoms with van der Waals surface area (Å²) in [6.45, 7) is 2.27. The molecule has 0 aliphatic rings. The first-order valence-corrected chi connectivity index (χ1v) is 5.10. The van der Waals surface area contributed by atoms with Gasteiger partial charge in [-0.2, -0.15) is 0 Å². The maximum atomic E-state index is 9.10. The van der Waals surface area contributed by atoms with E-state index in [9.17, 15) is 0 Å². The predicted molar refractivity (Wildman–Crippen MR) is 59.3 cm³/mol. The second kappa shape index (κ2) is 5.95. The molecule has 15 heavy (non-hydrogen) atoms. The molecular weight excluding hydrogens is 216 g/mol. The van der Waals surface area contributed by atoms with Gasteiger partial charge in [0.25, 0.3) is 0 Å². The Hall–Kier alpha value is -0.770. The zero-order valence-corrected chi connectivity index (χ0v) is 9.62. The summed E-state index contributed by atoms with van der Waals surface area (Å²) in [4.78, 5) is 0. The van der Waals surface area contributed by atoms with Crippen molar-refractivity contribution in [3.63, 3.8) is 0 Å². The van der Waals surface area contributed by atoms with Crippen LogP contribution in [0.2, 0.25) is 5.02 Å². The minimum absolute atomic E-state index is 0.0206. The quantitative estimate of drug-likeness (QED) is 0.843. The zero-order chi connectivity index (χ0) is 11.3. The first kappa shape index (κ1) is 12.3. The molecule has 0 bridgehead atoms. The standard InChI is InChI=1S/C11H15ClO3/c1-8(14-2)7-15-11-4-3-10(12)5-9(11)6-13/h3-5,8,13H,6-7H2,1-2H3. The van der Waals surface area contributed by atoms with E-state index < -0.39 is 0 Å². The van der Waals surface area contributed by atoms with Crippen LogP contribution in [0.3, 0.4) is 0 Å². The molecule has 1 atom stereocenters. The van der Waals surface area contributed by atoms with Gasteiger partial charge in [0.05, 0.1) is 12.7 Å². The van der Waals surface area contributed by atoms with Crippen LogP contribution in [0.4, 0.5) is 0 Å². The SMILES string of the molecule is COC(C)COc1ccc(Cl)cc1CO. The normalized spacial score (nSPS) is 12.5. The highest BCUT2D eigenvalue weighted by Gasteiger charge is 2.06. The lowest BCUT2D eigenvalue weighted by atomic mass is 10.2. The highest BCUT2D eigenvalue weighted by molar-refractivity contribution is 6.30. The summed E-state index contributed by atoms with van der Waals surface area (Å²) < 4.78 is 10.5. The summed E-state index contributed by atoms with van der Waals surface area (Å²) in [5, 5.41) is 9.68. The molecule has 3 nitrogen and oxygen atoms in total. The maximum Gasteiger partial charge on any atom is 0.125 e. The summed E-state index contributed by atoms with van der Waals surface area (Å²) in [5.41, 5.74) is 0.686. The van der Waals surface area contributed by atoms with Gasteiger partial charge >= 0.3 is 0 Å². The van der Waals surface area contributed by atoms with Crippen LogP contribution in [0.5, 0.6) is 5.75 Å². The van der Waals surface area contributed by atoms with Crippen molar-refractivity contribution in [2.75, 3.05) is 13.7 Å². The van der Waals surface area contributed by atoms with Crippen molar-refractivity contribution in [1.82, 2.24) is 0 Å². The molecule has 4 heteroatoms. The smallest absolute Gasteiger partial charge is 0.125 e. The van der Waals surface area contributed by atoms with Gasteiger partial charge in [-0.1, -0.05) is 11.6 Å². The van der Waals surface area contributed by atoms with Crippen LogP contribution in [0.25, 0.3) is 0 Å². The molecular formula is C11H15ClO3. The Balaban J connectivity index is 2.67. The molecule has 0 aliphatic heterocycles. The molecule has 1 N–H and O–H groups in total. The van der Waals surface area contributed by atoms with Crippen LogP contribution in [-0.2, 0) is 11.3 Å². The maximum absolute atomic E-state index is 9.10. The number of hydrogen-bond acceptors (Lipinski definition) is 3. The Morgan fingerprint density at radius 1 is 1.47 bits per heavy atom. The van der Waals surface area contributed by atoms with E-state index in [0.717, 1.165) is 0 Å². The first-order valence-electron chi connectivity index (χ1n) is 4.72. The Kier molecular flexibility index (Phi) is 4.88. The van der Waals surface area contributed by atoms with Gasteiger partial charge in [0.2, 0.25) is 0 Å². The van der Waals surface area contributed by atoms with E-state index in [1.54, 1.807) is 25.3 Å². The molecule has 84 valence electrons. The van der Waals surface area contributed by atoms with Crippen LogP contribution in [0, 0.1) is 0 Å². The average molecular weight is 231 g/mol. The number of methoxy groups -OCH3 is 1. The molecule has 0 saturated heterocycles. The summed E-state index contributed by atoms with van der Waals surface area (Å²) in [5.74, 6) is 0.644. The molecule has 1 aromatic carbocycles. The van der Waals surface area contributed by atoms with Gasteiger partial charge in [-0.05, 0) is 25.1 Å². The van der Waals surface area contributed by atoms with Crippen LogP contribution in [-0.4, -0.2) is 24.9 Å². The zero-order valence-electron chi connectivity index (χ0n) is 8.87. The Morgan fingerprint density at radius 3 is 2.80 bits per heavy atom. The molecule has 0 saturated carbocycles. The molecule has 0 fully saturated rings. The minimum Gasteiger partial charge on any atom is -0.491 e. The highest BCUT2D eigenvalue weighted by atomic mass is 35.5. The molecule has 1 aromatic rings. The summed E-state index contributed by atoms with van der Waals surface area (Å²) in [7, 11) is 1.63. The van der Waals surface area contributed by atoms with Crippen molar-refractivity contribution < 1.29 is 14.6 Å². The summed E-state index contributed by atoms with van der Waals surface area (Å²) >= 11 is 5.79. The van der Waals surface area contributed by atoms with E-state index in [1.165, 1.54) is 0 Å². The third-order valence-electron chi connectivity index (χ3n) is 2.07. The number of aliphatic hydroxyl groups is 1. The number of ether oxygens (including phenoxy) is 2.